The molecule has 5 rings (SSSR count). The van der Waals surface area contributed by atoms with Gasteiger partial charge in [-0.15, -0.1) is 0 Å². The molecule has 1 unspecified atom stereocenters. The van der Waals surface area contributed by atoms with Crippen LogP contribution in [0.5, 0.6) is 0 Å². The van der Waals surface area contributed by atoms with E-state index in [1.54, 1.807) is 6.26 Å². The molecule has 0 aromatic carbocycles. The molecule has 0 bridgehead atoms. The second-order valence-electron chi connectivity index (χ2n) is 7.80. The van der Waals surface area contributed by atoms with Gasteiger partial charge in [0.2, 0.25) is 11.9 Å². The van der Waals surface area contributed by atoms with Crippen molar-refractivity contribution in [2.75, 3.05) is 10.6 Å². The first-order valence-electron chi connectivity index (χ1n) is 9.03. The Hall–Kier alpha value is -2.83. The molecule has 1 atom stereocenters. The van der Waals surface area contributed by atoms with Gasteiger partial charge in [0.25, 0.3) is 0 Å². The van der Waals surface area contributed by atoms with Gasteiger partial charge in [-0.1, -0.05) is 19.9 Å². The van der Waals surface area contributed by atoms with E-state index in [0.29, 0.717) is 17.6 Å². The second-order valence-corrected chi connectivity index (χ2v) is 7.80. The molecule has 2 aromatic rings. The fraction of sp³-hybridized carbons (Fsp3) is 0.421. The molecule has 134 valence electrons. The molecule has 1 amide bonds. The van der Waals surface area contributed by atoms with E-state index in [4.69, 9.17) is 4.42 Å². The minimum atomic E-state index is -0.374. The maximum atomic E-state index is 12.2. The lowest BCUT2D eigenvalue weighted by molar-refractivity contribution is -0.127. The molecular weight excluding hydrogens is 330 g/mol. The molecule has 3 N–H and O–H groups in total. The van der Waals surface area contributed by atoms with Crippen LogP contribution in [0.4, 0.5) is 11.8 Å². The van der Waals surface area contributed by atoms with Gasteiger partial charge < -0.3 is 20.4 Å². The van der Waals surface area contributed by atoms with Crippen LogP contribution in [-0.4, -0.2) is 21.9 Å². The molecule has 3 aliphatic rings. The highest BCUT2D eigenvalue weighted by atomic mass is 16.3. The largest absolute Gasteiger partial charge is 0.459 e. The Morgan fingerprint density at radius 2 is 2.15 bits per heavy atom. The molecular formula is C19H21N5O2. The van der Waals surface area contributed by atoms with Crippen LogP contribution in [0.25, 0.3) is 11.1 Å². The van der Waals surface area contributed by atoms with Crippen molar-refractivity contribution in [2.45, 2.75) is 39.2 Å². The van der Waals surface area contributed by atoms with Crippen LogP contribution < -0.4 is 16.0 Å². The lowest BCUT2D eigenvalue weighted by Crippen LogP contribution is -2.28. The van der Waals surface area contributed by atoms with Gasteiger partial charge in [0.05, 0.1) is 11.7 Å². The van der Waals surface area contributed by atoms with E-state index in [9.17, 15) is 4.79 Å². The van der Waals surface area contributed by atoms with Crippen molar-refractivity contribution in [1.29, 1.82) is 0 Å². The summed E-state index contributed by atoms with van der Waals surface area (Å²) in [5, 5.41) is 9.69. The topological polar surface area (TPSA) is 92.1 Å². The minimum absolute atomic E-state index is 0.0791. The third kappa shape index (κ3) is 2.46. The number of rotatable bonds is 4. The van der Waals surface area contributed by atoms with Crippen LogP contribution in [0.2, 0.25) is 0 Å². The molecule has 2 fully saturated rings. The zero-order valence-corrected chi connectivity index (χ0v) is 14.8. The van der Waals surface area contributed by atoms with Crippen LogP contribution >= 0.6 is 0 Å². The summed E-state index contributed by atoms with van der Waals surface area (Å²) in [6.45, 7) is 3.98. The molecule has 1 aliphatic heterocycles. The van der Waals surface area contributed by atoms with Crippen molar-refractivity contribution < 1.29 is 9.21 Å². The van der Waals surface area contributed by atoms with Gasteiger partial charge >= 0.3 is 0 Å². The molecule has 7 nitrogen and oxygen atoms in total. The summed E-state index contributed by atoms with van der Waals surface area (Å²) in [6.07, 6.45) is 8.84. The Labute approximate surface area is 151 Å². The van der Waals surface area contributed by atoms with Gasteiger partial charge in [0, 0.05) is 29.4 Å². The van der Waals surface area contributed by atoms with Crippen LogP contribution in [-0.2, 0) is 4.79 Å². The molecule has 0 spiro atoms. The molecule has 2 aliphatic carbocycles. The van der Waals surface area contributed by atoms with Gasteiger partial charge in [0.15, 0.2) is 11.4 Å². The van der Waals surface area contributed by atoms with E-state index in [-0.39, 0.29) is 17.2 Å². The lowest BCUT2D eigenvalue weighted by Gasteiger charge is -2.25. The van der Waals surface area contributed by atoms with Gasteiger partial charge in [-0.3, -0.25) is 4.79 Å². The normalized spacial score (nSPS) is 23.9. The van der Waals surface area contributed by atoms with Crippen molar-refractivity contribution in [3.63, 3.8) is 0 Å². The number of carbonyl (C=O) groups excluding carboxylic acids is 1. The van der Waals surface area contributed by atoms with Crippen LogP contribution in [0.15, 0.2) is 40.3 Å². The number of nitrogens with zero attached hydrogens (tertiary/aromatic N) is 2. The fourth-order valence-electron chi connectivity index (χ4n) is 3.61. The van der Waals surface area contributed by atoms with Crippen molar-refractivity contribution in [1.82, 2.24) is 15.3 Å². The van der Waals surface area contributed by atoms with E-state index in [1.807, 2.05) is 26.0 Å². The molecule has 1 saturated heterocycles. The first-order valence-corrected chi connectivity index (χ1v) is 9.03. The smallest absolute Gasteiger partial charge is 0.230 e. The number of fused-ring (bicyclic) bond motifs is 2. The lowest BCUT2D eigenvalue weighted by atomic mass is 9.76. The van der Waals surface area contributed by atoms with E-state index >= 15 is 0 Å². The van der Waals surface area contributed by atoms with Crippen LogP contribution in [0.3, 0.4) is 0 Å². The number of hydrogen-bond donors (Lipinski definition) is 3. The van der Waals surface area contributed by atoms with E-state index in [0.717, 1.165) is 42.0 Å². The van der Waals surface area contributed by atoms with Gasteiger partial charge in [-0.25, -0.2) is 4.98 Å². The van der Waals surface area contributed by atoms with Gasteiger partial charge in [-0.05, 0) is 25.3 Å². The van der Waals surface area contributed by atoms with Crippen molar-refractivity contribution in [3.05, 3.63) is 35.9 Å². The number of allylic oxidation sites excluding steroid dienone is 3. The van der Waals surface area contributed by atoms with E-state index < -0.39 is 0 Å². The number of nitrogens with one attached hydrogen (secondary N) is 3. The van der Waals surface area contributed by atoms with Crippen LogP contribution in [0.1, 0.15) is 33.1 Å². The summed E-state index contributed by atoms with van der Waals surface area (Å²) in [5.74, 6) is 1.52. The summed E-state index contributed by atoms with van der Waals surface area (Å²) >= 11 is 0. The molecule has 26 heavy (non-hydrogen) atoms. The molecule has 7 heteroatoms. The Kier molecular flexibility index (Phi) is 3.16. The number of anilines is 2. The standard InChI is InChI=1S/C19H21N5O2/c1-19(2)12-6-5-11(9-14(12)22-17(19)25)21-18-23-13-7-8-26-15(13)16(24-18)20-10-3-4-10/h5,7-10,12H,3-4,6H2,1-2H3,(H,22,25)(H2,20,21,23,24). The maximum absolute atomic E-state index is 12.2. The Bertz CT molecular complexity index is 967. The highest BCUT2D eigenvalue weighted by molar-refractivity contribution is 5.88. The van der Waals surface area contributed by atoms with Gasteiger partial charge in [0.1, 0.15) is 5.52 Å². The van der Waals surface area contributed by atoms with Gasteiger partial charge in [-0.2, -0.15) is 4.98 Å². The third-order valence-electron chi connectivity index (χ3n) is 5.45. The predicted molar refractivity (Wildman–Crippen MR) is 98.3 cm³/mol. The minimum Gasteiger partial charge on any atom is -0.459 e. The molecule has 1 saturated carbocycles. The number of carbonyl (C=O) groups is 1. The average molecular weight is 351 g/mol. The first kappa shape index (κ1) is 15.4. The monoisotopic (exact) mass is 351 g/mol. The van der Waals surface area contributed by atoms with E-state index in [2.05, 4.69) is 32.0 Å². The summed E-state index contributed by atoms with van der Waals surface area (Å²) in [7, 11) is 0. The quantitative estimate of drug-likeness (QED) is 0.784. The maximum Gasteiger partial charge on any atom is 0.230 e. The van der Waals surface area contributed by atoms with Crippen molar-refractivity contribution in [2.24, 2.45) is 11.3 Å². The van der Waals surface area contributed by atoms with Crippen LogP contribution in [0, 0.1) is 11.3 Å². The molecule has 0 radical (unpaired) electrons. The Morgan fingerprint density at radius 1 is 1.31 bits per heavy atom. The Morgan fingerprint density at radius 3 is 2.96 bits per heavy atom. The highest BCUT2D eigenvalue weighted by Crippen LogP contribution is 2.42. The van der Waals surface area contributed by atoms with Crippen molar-refractivity contribution >= 4 is 28.8 Å². The highest BCUT2D eigenvalue weighted by Gasteiger charge is 2.45. The number of hydrogen-bond acceptors (Lipinski definition) is 6. The summed E-state index contributed by atoms with van der Waals surface area (Å²) in [6, 6.07) is 2.31. The predicted octanol–water partition coefficient (Wildman–Crippen LogP) is 3.15. The zero-order valence-electron chi connectivity index (χ0n) is 14.8. The SMILES string of the molecule is CC1(C)C(=O)NC2=CC(Nc3nc(NC4CC4)c4occc4n3)=CCC21. The average Bonchev–Trinajstić information content (AvgIpc) is 3.22. The molecule has 3 heterocycles. The fourth-order valence-corrected chi connectivity index (χ4v) is 3.61. The van der Waals surface area contributed by atoms with E-state index in [1.165, 1.54) is 0 Å². The number of furan rings is 1. The number of amides is 1. The van der Waals surface area contributed by atoms with Crippen molar-refractivity contribution in [3.8, 4) is 0 Å². The molecule has 2 aromatic heterocycles. The first-order chi connectivity index (χ1) is 12.5. The Balaban J connectivity index is 1.42. The summed E-state index contributed by atoms with van der Waals surface area (Å²) in [5.41, 5.74) is 2.94. The third-order valence-corrected chi connectivity index (χ3v) is 5.45. The zero-order chi connectivity index (χ0) is 17.9. The number of aromatic nitrogens is 2. The summed E-state index contributed by atoms with van der Waals surface area (Å²) in [4.78, 5) is 21.3. The second kappa shape index (κ2) is 5.33. The summed E-state index contributed by atoms with van der Waals surface area (Å²) < 4.78 is 5.52.